The van der Waals surface area contributed by atoms with Crippen LogP contribution in [-0.2, 0) is 0 Å². The molecule has 5 aliphatic rings. The van der Waals surface area contributed by atoms with Crippen LogP contribution in [0.4, 0.5) is 18.9 Å². The van der Waals surface area contributed by atoms with Crippen LogP contribution in [0.5, 0.6) is 11.6 Å². The number of fused-ring (bicyclic) bond motifs is 4. The average Bonchev–Trinajstić information content (AvgIpc) is 3.70. The minimum Gasteiger partial charge on any atom is -0.508 e. The maximum Gasteiger partial charge on any atom is 0.234 e. The van der Waals surface area contributed by atoms with E-state index in [0.717, 1.165) is 32.2 Å². The molecule has 7 nitrogen and oxygen atoms in total. The molecule has 1 saturated carbocycles. The van der Waals surface area contributed by atoms with Crippen LogP contribution in [0.25, 0.3) is 32.8 Å². The molecule has 0 spiro atoms. The maximum atomic E-state index is 16.7. The van der Waals surface area contributed by atoms with Gasteiger partial charge in [-0.1, -0.05) is 18.2 Å². The molecule has 4 aromatic rings. The molecular weight excluding hydrogens is 555 g/mol. The molecule has 43 heavy (non-hydrogen) atoms. The monoisotopic (exact) mass is 585 g/mol. The summed E-state index contributed by atoms with van der Waals surface area (Å²) in [6.07, 6.45) is 2.75. The van der Waals surface area contributed by atoms with Gasteiger partial charge in [0.2, 0.25) is 5.88 Å². The van der Waals surface area contributed by atoms with Gasteiger partial charge in [-0.3, -0.25) is 4.90 Å². The highest BCUT2D eigenvalue weighted by Gasteiger charge is 2.52. The Kier molecular flexibility index (Phi) is 5.84. The van der Waals surface area contributed by atoms with E-state index >= 15 is 8.78 Å². The Bertz CT molecular complexity index is 1860. The quantitative estimate of drug-likeness (QED) is 0.317. The van der Waals surface area contributed by atoms with Crippen LogP contribution in [-0.4, -0.2) is 64.5 Å². The number of phenols is 1. The fourth-order valence-electron chi connectivity index (χ4n) is 8.22. The molecule has 5 heterocycles. The Hall–Kier alpha value is -4.07. The minimum absolute atomic E-state index is 0.00333. The van der Waals surface area contributed by atoms with Crippen molar-refractivity contribution in [2.75, 3.05) is 24.6 Å². The second-order valence-corrected chi connectivity index (χ2v) is 12.5. The predicted octanol–water partition coefficient (Wildman–Crippen LogP) is 5.54. The summed E-state index contributed by atoms with van der Waals surface area (Å²) >= 11 is 0. The Morgan fingerprint density at radius 1 is 1.16 bits per heavy atom. The van der Waals surface area contributed by atoms with Crippen molar-refractivity contribution in [2.24, 2.45) is 5.73 Å². The smallest absolute Gasteiger partial charge is 0.234 e. The molecule has 4 saturated heterocycles. The number of halogens is 3. The molecule has 9 rings (SSSR count). The highest BCUT2D eigenvalue weighted by atomic mass is 19.1. The van der Waals surface area contributed by atoms with Crippen LogP contribution >= 0.6 is 0 Å². The van der Waals surface area contributed by atoms with Crippen LogP contribution < -0.4 is 15.4 Å². The average molecular weight is 586 g/mol. The molecule has 1 unspecified atom stereocenters. The van der Waals surface area contributed by atoms with Gasteiger partial charge in [0.1, 0.15) is 41.5 Å². The number of nitriles is 1. The standard InChI is InChI=1S/C33H30F3N5O2/c34-18-13-33(7-2-8-40(33)15-18)16-43-32-24(14-37)31(41-19-10-26(38)27(41)11-19)22-6-5-21(29(36)30(22)39-32)23-12-20(42)9-17-3-1-4-25(35)28(17)23/h1,3-6,9,12,18-19,26-27,42H,2,7-8,10-11,13,15-16,38H2/t18-,19-,26-,27?,33+/m1/s1. The predicted molar refractivity (Wildman–Crippen MR) is 157 cm³/mol. The molecule has 0 amide bonds. The molecule has 0 radical (unpaired) electrons. The van der Waals surface area contributed by atoms with E-state index in [9.17, 15) is 14.8 Å². The highest BCUT2D eigenvalue weighted by Crippen LogP contribution is 2.50. The Morgan fingerprint density at radius 2 is 2.02 bits per heavy atom. The Morgan fingerprint density at radius 3 is 2.79 bits per heavy atom. The first-order valence-electron chi connectivity index (χ1n) is 14.8. The normalized spacial score (nSPS) is 27.9. The molecule has 3 N–H and O–H groups in total. The van der Waals surface area contributed by atoms with Gasteiger partial charge in [0, 0.05) is 47.4 Å². The van der Waals surface area contributed by atoms with Gasteiger partial charge in [0.25, 0.3) is 0 Å². The van der Waals surface area contributed by atoms with Crippen molar-refractivity contribution in [3.8, 4) is 28.8 Å². The molecule has 5 fully saturated rings. The number of anilines is 1. The summed E-state index contributed by atoms with van der Waals surface area (Å²) in [5.41, 5.74) is 6.87. The van der Waals surface area contributed by atoms with E-state index in [4.69, 9.17) is 10.5 Å². The van der Waals surface area contributed by atoms with Crippen LogP contribution in [0.1, 0.15) is 37.7 Å². The van der Waals surface area contributed by atoms with Crippen molar-refractivity contribution in [3.63, 3.8) is 0 Å². The van der Waals surface area contributed by atoms with E-state index in [1.807, 2.05) is 0 Å². The molecular formula is C33H30F3N5O2. The van der Waals surface area contributed by atoms with Gasteiger partial charge in [-0.15, -0.1) is 0 Å². The molecule has 3 aromatic carbocycles. The number of rotatable bonds is 5. The topological polar surface area (TPSA) is 98.6 Å². The summed E-state index contributed by atoms with van der Waals surface area (Å²) in [4.78, 5) is 8.80. The first kappa shape index (κ1) is 26.5. The van der Waals surface area contributed by atoms with E-state index in [0.29, 0.717) is 29.4 Å². The van der Waals surface area contributed by atoms with Crippen LogP contribution in [0.3, 0.4) is 0 Å². The van der Waals surface area contributed by atoms with Crippen molar-refractivity contribution in [2.45, 2.75) is 61.9 Å². The molecule has 4 aliphatic heterocycles. The number of ether oxygens (including phenoxy) is 1. The fourth-order valence-corrected chi connectivity index (χ4v) is 8.22. The second-order valence-electron chi connectivity index (χ2n) is 12.5. The summed E-state index contributed by atoms with van der Waals surface area (Å²) in [6, 6.07) is 12.8. The second kappa shape index (κ2) is 9.46. The number of benzene rings is 3. The van der Waals surface area contributed by atoms with E-state index in [1.54, 1.807) is 18.2 Å². The number of hydrogen-bond acceptors (Lipinski definition) is 7. The summed E-state index contributed by atoms with van der Waals surface area (Å²) in [5, 5.41) is 21.9. The summed E-state index contributed by atoms with van der Waals surface area (Å²) in [7, 11) is 0. The van der Waals surface area contributed by atoms with Crippen molar-refractivity contribution in [1.29, 1.82) is 5.26 Å². The zero-order chi connectivity index (χ0) is 29.6. The van der Waals surface area contributed by atoms with Gasteiger partial charge in [0.05, 0.1) is 11.2 Å². The summed E-state index contributed by atoms with van der Waals surface area (Å²) < 4.78 is 52.6. The summed E-state index contributed by atoms with van der Waals surface area (Å²) in [5.74, 6) is -1.39. The van der Waals surface area contributed by atoms with E-state index in [2.05, 4.69) is 20.9 Å². The number of aromatic hydroxyl groups is 1. The van der Waals surface area contributed by atoms with E-state index in [1.165, 1.54) is 24.3 Å². The van der Waals surface area contributed by atoms with E-state index in [-0.39, 0.29) is 64.0 Å². The number of nitrogens with two attached hydrogens (primary N) is 1. The molecule has 220 valence electrons. The number of nitrogens with zero attached hydrogens (tertiary/aromatic N) is 4. The van der Waals surface area contributed by atoms with Crippen LogP contribution in [0.2, 0.25) is 0 Å². The number of hydrogen-bond donors (Lipinski definition) is 2. The third kappa shape index (κ3) is 3.84. The first-order valence-corrected chi connectivity index (χ1v) is 14.8. The Labute approximate surface area is 246 Å². The zero-order valence-corrected chi connectivity index (χ0v) is 23.4. The molecule has 1 aliphatic carbocycles. The lowest BCUT2D eigenvalue weighted by atomic mass is 9.93. The largest absolute Gasteiger partial charge is 0.508 e. The summed E-state index contributed by atoms with van der Waals surface area (Å²) in [6.45, 7) is 1.27. The van der Waals surface area contributed by atoms with Crippen molar-refractivity contribution in [1.82, 2.24) is 9.88 Å². The van der Waals surface area contributed by atoms with Crippen molar-refractivity contribution < 1.29 is 23.0 Å². The Balaban J connectivity index is 1.32. The van der Waals surface area contributed by atoms with Crippen LogP contribution in [0, 0.1) is 23.0 Å². The van der Waals surface area contributed by atoms with Gasteiger partial charge in [-0.25, -0.2) is 18.2 Å². The lowest BCUT2D eigenvalue weighted by Crippen LogP contribution is -2.52. The third-order valence-electron chi connectivity index (χ3n) is 10.1. The zero-order valence-electron chi connectivity index (χ0n) is 23.4. The fraction of sp³-hybridized carbons (Fsp3) is 0.394. The van der Waals surface area contributed by atoms with Gasteiger partial charge in [0.15, 0.2) is 5.82 Å². The number of phenolic OH excluding ortho intramolecular Hbond substituents is 1. The van der Waals surface area contributed by atoms with E-state index < -0.39 is 23.3 Å². The molecule has 2 bridgehead atoms. The van der Waals surface area contributed by atoms with Gasteiger partial charge >= 0.3 is 0 Å². The highest BCUT2D eigenvalue weighted by molar-refractivity contribution is 6.03. The third-order valence-corrected chi connectivity index (χ3v) is 10.1. The lowest BCUT2D eigenvalue weighted by Gasteiger charge is -2.44. The first-order chi connectivity index (χ1) is 20.8. The van der Waals surface area contributed by atoms with Gasteiger partial charge in [-0.2, -0.15) is 5.26 Å². The number of aromatic nitrogens is 1. The van der Waals surface area contributed by atoms with Crippen molar-refractivity contribution >= 4 is 27.4 Å². The van der Waals surface area contributed by atoms with Gasteiger partial charge < -0.3 is 20.5 Å². The number of pyridine rings is 1. The molecule has 5 atom stereocenters. The number of alkyl halides is 1. The van der Waals surface area contributed by atoms with Gasteiger partial charge in [-0.05, 0) is 67.4 Å². The molecule has 1 aromatic heterocycles. The van der Waals surface area contributed by atoms with Crippen LogP contribution in [0.15, 0.2) is 42.5 Å². The SMILES string of the molecule is N#Cc1c(OC[C@@]23CCCN2C[C@H](F)C3)nc2c(F)c(-c3cc(O)cc4cccc(F)c34)ccc2c1N1C2C[C@H]1C[C@H]2N. The minimum atomic E-state index is -0.949. The lowest BCUT2D eigenvalue weighted by molar-refractivity contribution is 0.110. The maximum absolute atomic E-state index is 16.7. The molecule has 10 heteroatoms. The van der Waals surface area contributed by atoms with Crippen molar-refractivity contribution in [3.05, 3.63) is 59.7 Å².